The largest absolute Gasteiger partial charge is 0.493 e. The summed E-state index contributed by atoms with van der Waals surface area (Å²) in [6.07, 6.45) is 4.97. The molecule has 0 fully saturated rings. The van der Waals surface area contributed by atoms with Gasteiger partial charge >= 0.3 is 0 Å². The molecule has 0 N–H and O–H groups in total. The Bertz CT molecular complexity index is 1480. The van der Waals surface area contributed by atoms with Gasteiger partial charge in [-0.15, -0.1) is 0 Å². The summed E-state index contributed by atoms with van der Waals surface area (Å²) in [6.45, 7) is 6.88. The van der Waals surface area contributed by atoms with Gasteiger partial charge in [-0.3, -0.25) is 14.5 Å². The van der Waals surface area contributed by atoms with Crippen LogP contribution in [0.5, 0.6) is 5.75 Å². The molecule has 1 aliphatic heterocycles. The van der Waals surface area contributed by atoms with Crippen LogP contribution in [0.4, 0.5) is 0 Å². The molecule has 2 amide bonds. The summed E-state index contributed by atoms with van der Waals surface area (Å²) in [5, 5.41) is 14.6. The van der Waals surface area contributed by atoms with Gasteiger partial charge in [-0.25, -0.2) is 4.68 Å². The van der Waals surface area contributed by atoms with Crippen molar-refractivity contribution < 1.29 is 19.1 Å². The van der Waals surface area contributed by atoms with Gasteiger partial charge in [0.2, 0.25) is 0 Å². The van der Waals surface area contributed by atoms with Crippen molar-refractivity contribution in [2.45, 2.75) is 33.6 Å². The lowest BCUT2D eigenvalue weighted by molar-refractivity contribution is -0.140. The number of ether oxygens (including phenoxy) is 2. The number of aryl methyl sites for hydroxylation is 1. The number of nitriles is 1. The molecule has 0 radical (unpaired) electrons. The summed E-state index contributed by atoms with van der Waals surface area (Å²) in [7, 11) is 1.56. The number of amides is 2. The molecule has 1 aromatic heterocycles. The van der Waals surface area contributed by atoms with Crippen LogP contribution in [0.25, 0.3) is 23.0 Å². The van der Waals surface area contributed by atoms with Crippen LogP contribution in [-0.4, -0.2) is 53.4 Å². The van der Waals surface area contributed by atoms with E-state index in [0.29, 0.717) is 36.5 Å². The van der Waals surface area contributed by atoms with E-state index >= 15 is 0 Å². The normalized spacial score (nSPS) is 14.7. The minimum absolute atomic E-state index is 0.0384. The number of hydrogen-bond acceptors (Lipinski definition) is 6. The molecule has 1 aliphatic rings. The molecule has 0 unspecified atom stereocenters. The van der Waals surface area contributed by atoms with Crippen molar-refractivity contribution in [3.8, 4) is 28.8 Å². The first-order chi connectivity index (χ1) is 18.9. The van der Waals surface area contributed by atoms with Crippen LogP contribution in [0.2, 0.25) is 0 Å². The van der Waals surface area contributed by atoms with E-state index < -0.39 is 11.8 Å². The summed E-state index contributed by atoms with van der Waals surface area (Å²) in [6, 6.07) is 17.6. The second kappa shape index (κ2) is 12.4. The van der Waals surface area contributed by atoms with Crippen molar-refractivity contribution in [1.82, 2.24) is 14.7 Å². The molecule has 0 saturated heterocycles. The first kappa shape index (κ1) is 27.6. The third-order valence-electron chi connectivity index (χ3n) is 6.53. The highest BCUT2D eigenvalue weighted by molar-refractivity contribution is 6.19. The van der Waals surface area contributed by atoms with Crippen LogP contribution >= 0.6 is 0 Å². The van der Waals surface area contributed by atoms with Crippen LogP contribution in [-0.2, 0) is 14.3 Å². The number of methoxy groups -OCH3 is 1. The maximum atomic E-state index is 13.5. The molecule has 2 aromatic carbocycles. The summed E-state index contributed by atoms with van der Waals surface area (Å²) < 4.78 is 12.7. The van der Waals surface area contributed by atoms with Crippen LogP contribution in [0.3, 0.4) is 0 Å². The second-order valence-corrected chi connectivity index (χ2v) is 9.32. The quantitative estimate of drug-likeness (QED) is 0.204. The Morgan fingerprint density at radius 1 is 1.05 bits per heavy atom. The number of carbonyl (C=O) groups excluding carboxylic acids is 2. The highest BCUT2D eigenvalue weighted by atomic mass is 16.5. The molecule has 4 rings (SSSR count). The standard InChI is InChI=1S/C31H32N4O4/c1-5-15-39-28-13-12-23(17-21(28)2)29-24(20-35(33-29)25-10-7-6-8-11-25)18-26-22(3)27(19-32)31(37)34(30(26)36)14-9-16-38-4/h6-8,10-13,17-18,20H,5,9,14-16H2,1-4H3/b26-18+. The lowest BCUT2D eigenvalue weighted by atomic mass is 9.93. The van der Waals surface area contributed by atoms with Crippen molar-refractivity contribution in [2.24, 2.45) is 0 Å². The minimum Gasteiger partial charge on any atom is -0.493 e. The Labute approximate surface area is 228 Å². The van der Waals surface area contributed by atoms with Gasteiger partial charge < -0.3 is 9.47 Å². The Hall–Kier alpha value is -4.48. The van der Waals surface area contributed by atoms with Gasteiger partial charge in [0, 0.05) is 43.2 Å². The molecule has 0 atom stereocenters. The van der Waals surface area contributed by atoms with E-state index in [0.717, 1.165) is 33.9 Å². The van der Waals surface area contributed by atoms with Crippen LogP contribution in [0, 0.1) is 18.3 Å². The number of rotatable bonds is 10. The fourth-order valence-corrected chi connectivity index (χ4v) is 4.46. The van der Waals surface area contributed by atoms with Crippen molar-refractivity contribution in [3.63, 3.8) is 0 Å². The fraction of sp³-hybridized carbons (Fsp3) is 0.290. The molecule has 200 valence electrons. The zero-order valence-corrected chi connectivity index (χ0v) is 22.7. The zero-order valence-electron chi connectivity index (χ0n) is 22.7. The summed E-state index contributed by atoms with van der Waals surface area (Å²) >= 11 is 0. The summed E-state index contributed by atoms with van der Waals surface area (Å²) in [5.74, 6) is -0.203. The Kier molecular flexibility index (Phi) is 8.74. The topological polar surface area (TPSA) is 97.4 Å². The van der Waals surface area contributed by atoms with E-state index in [-0.39, 0.29) is 17.7 Å². The Balaban J connectivity index is 1.85. The molecule has 0 bridgehead atoms. The second-order valence-electron chi connectivity index (χ2n) is 9.32. The lowest BCUT2D eigenvalue weighted by Gasteiger charge is -2.27. The maximum absolute atomic E-state index is 13.5. The molecular formula is C31H32N4O4. The first-order valence-electron chi connectivity index (χ1n) is 13.0. The fourth-order valence-electron chi connectivity index (χ4n) is 4.46. The molecule has 2 heterocycles. The van der Waals surface area contributed by atoms with E-state index in [1.165, 1.54) is 0 Å². The predicted octanol–water partition coefficient (Wildman–Crippen LogP) is 5.27. The molecular weight excluding hydrogens is 492 g/mol. The number of para-hydroxylation sites is 1. The van der Waals surface area contributed by atoms with Gasteiger partial charge in [0.15, 0.2) is 0 Å². The average molecular weight is 525 g/mol. The maximum Gasteiger partial charge on any atom is 0.271 e. The number of imide groups is 1. The Morgan fingerprint density at radius 3 is 2.49 bits per heavy atom. The average Bonchev–Trinajstić information content (AvgIpc) is 3.37. The number of benzene rings is 2. The van der Waals surface area contributed by atoms with E-state index in [1.54, 1.807) is 24.8 Å². The molecule has 8 heteroatoms. The number of hydrogen-bond donors (Lipinski definition) is 0. The van der Waals surface area contributed by atoms with Crippen molar-refractivity contribution in [3.05, 3.63) is 82.6 Å². The monoisotopic (exact) mass is 524 g/mol. The van der Waals surface area contributed by atoms with E-state index in [9.17, 15) is 14.9 Å². The van der Waals surface area contributed by atoms with E-state index in [2.05, 4.69) is 6.92 Å². The SMILES string of the molecule is CCCOc1ccc(-c2nn(-c3ccccc3)cc2/C=C2/C(=O)N(CCCOC)C(=O)C(C#N)=C2C)cc1C. The van der Waals surface area contributed by atoms with Crippen molar-refractivity contribution in [2.75, 3.05) is 26.9 Å². The number of nitrogens with zero attached hydrogens (tertiary/aromatic N) is 4. The third-order valence-corrected chi connectivity index (χ3v) is 6.53. The van der Waals surface area contributed by atoms with E-state index in [1.807, 2.05) is 67.7 Å². The zero-order chi connectivity index (χ0) is 27.9. The van der Waals surface area contributed by atoms with Crippen LogP contribution in [0.15, 0.2) is 71.4 Å². The van der Waals surface area contributed by atoms with Crippen molar-refractivity contribution >= 4 is 17.9 Å². The predicted molar refractivity (Wildman–Crippen MR) is 149 cm³/mol. The highest BCUT2D eigenvalue weighted by Crippen LogP contribution is 2.33. The molecule has 0 saturated carbocycles. The molecule has 3 aromatic rings. The minimum atomic E-state index is -0.577. The third kappa shape index (κ3) is 5.84. The molecule has 0 spiro atoms. The van der Waals surface area contributed by atoms with Gasteiger partial charge in [0.1, 0.15) is 17.4 Å². The highest BCUT2D eigenvalue weighted by Gasteiger charge is 2.35. The lowest BCUT2D eigenvalue weighted by Crippen LogP contribution is -2.43. The molecule has 8 nitrogen and oxygen atoms in total. The van der Waals surface area contributed by atoms with Crippen molar-refractivity contribution in [1.29, 1.82) is 5.26 Å². The van der Waals surface area contributed by atoms with Crippen LogP contribution < -0.4 is 4.74 Å². The van der Waals surface area contributed by atoms with Gasteiger partial charge in [-0.2, -0.15) is 10.4 Å². The number of carbonyl (C=O) groups is 2. The number of aromatic nitrogens is 2. The van der Waals surface area contributed by atoms with Gasteiger partial charge in [-0.1, -0.05) is 25.1 Å². The van der Waals surface area contributed by atoms with Gasteiger partial charge in [0.05, 0.1) is 18.0 Å². The van der Waals surface area contributed by atoms with Crippen LogP contribution in [0.1, 0.15) is 37.8 Å². The summed E-state index contributed by atoms with van der Waals surface area (Å²) in [5.41, 5.74) is 4.65. The summed E-state index contributed by atoms with van der Waals surface area (Å²) in [4.78, 5) is 27.6. The Morgan fingerprint density at radius 2 is 1.82 bits per heavy atom. The van der Waals surface area contributed by atoms with E-state index in [4.69, 9.17) is 14.6 Å². The molecule has 0 aliphatic carbocycles. The molecule has 39 heavy (non-hydrogen) atoms. The smallest absolute Gasteiger partial charge is 0.271 e. The first-order valence-corrected chi connectivity index (χ1v) is 13.0. The van der Waals surface area contributed by atoms with Gasteiger partial charge in [0.25, 0.3) is 11.8 Å². The van der Waals surface area contributed by atoms with Gasteiger partial charge in [-0.05, 0) is 74.2 Å².